The first kappa shape index (κ1) is 15.2. The van der Waals surface area contributed by atoms with Gasteiger partial charge in [0.1, 0.15) is 11.5 Å². The first-order valence-corrected chi connectivity index (χ1v) is 6.26. The van der Waals surface area contributed by atoms with Crippen molar-refractivity contribution in [2.45, 2.75) is 0 Å². The van der Waals surface area contributed by atoms with Crippen LogP contribution in [-0.2, 0) is 0 Å². The van der Waals surface area contributed by atoms with E-state index in [4.69, 9.17) is 4.74 Å². The molecule has 0 aromatic heterocycles. The quantitative estimate of drug-likeness (QED) is 0.392. The number of methoxy groups -OCH3 is 1. The van der Waals surface area contributed by atoms with Crippen LogP contribution in [0, 0.1) is 0 Å². The van der Waals surface area contributed by atoms with Crippen molar-refractivity contribution in [1.29, 1.82) is 0 Å². The molecule has 114 valence electrons. The molecule has 0 bridgehead atoms. The largest absolute Gasteiger partial charge is 0.508 e. The molecule has 0 heterocycles. The Morgan fingerprint density at radius 1 is 1.00 bits per heavy atom. The number of rotatable bonds is 4. The zero-order valence-corrected chi connectivity index (χ0v) is 11.6. The number of hydrogen-bond donors (Lipinski definition) is 4. The predicted molar refractivity (Wildman–Crippen MR) is 79.5 cm³/mol. The van der Waals surface area contributed by atoms with Gasteiger partial charge >= 0.3 is 0 Å². The topological polar surface area (TPSA) is 107 Å². The Morgan fingerprint density at radius 3 is 2.23 bits per heavy atom. The van der Waals surface area contributed by atoms with E-state index in [1.807, 2.05) is 0 Å². The number of carbonyl (C=O) groups excluding carboxylic acids is 1. The molecule has 2 rings (SSSR count). The average molecular weight is 302 g/mol. The summed E-state index contributed by atoms with van der Waals surface area (Å²) >= 11 is 0. The van der Waals surface area contributed by atoms with Crippen molar-refractivity contribution in [2.24, 2.45) is 0 Å². The van der Waals surface area contributed by atoms with Crippen molar-refractivity contribution in [3.63, 3.8) is 0 Å². The number of allylic oxidation sites excluding steroid dienone is 1. The second-order valence-electron chi connectivity index (χ2n) is 4.53. The molecule has 4 N–H and O–H groups in total. The number of carbonyl (C=O) groups is 1. The standard InChI is InChI=1S/C16H14O6/c1-22-12-5-9(4-11(17)8-12)2-3-13(18)10-6-14(19)16(21)15(20)7-10/h2-8,17,19-21H,1H3/b3-2+. The van der Waals surface area contributed by atoms with Crippen molar-refractivity contribution in [1.82, 2.24) is 0 Å². The summed E-state index contributed by atoms with van der Waals surface area (Å²) in [7, 11) is 1.45. The van der Waals surface area contributed by atoms with Crippen LogP contribution in [0.25, 0.3) is 6.08 Å². The Kier molecular flexibility index (Phi) is 4.22. The van der Waals surface area contributed by atoms with E-state index in [-0.39, 0.29) is 11.3 Å². The molecule has 22 heavy (non-hydrogen) atoms. The predicted octanol–water partition coefficient (Wildman–Crippen LogP) is 2.41. The highest BCUT2D eigenvalue weighted by Crippen LogP contribution is 2.35. The van der Waals surface area contributed by atoms with E-state index in [1.54, 1.807) is 6.07 Å². The minimum absolute atomic E-state index is 0.00799. The lowest BCUT2D eigenvalue weighted by atomic mass is 10.1. The van der Waals surface area contributed by atoms with Crippen LogP contribution in [0.4, 0.5) is 0 Å². The van der Waals surface area contributed by atoms with E-state index in [0.717, 1.165) is 12.1 Å². The fourth-order valence-corrected chi connectivity index (χ4v) is 1.83. The number of hydrogen-bond acceptors (Lipinski definition) is 6. The second kappa shape index (κ2) is 6.09. The highest BCUT2D eigenvalue weighted by atomic mass is 16.5. The molecule has 0 saturated heterocycles. The number of benzene rings is 2. The Hall–Kier alpha value is -3.15. The van der Waals surface area contributed by atoms with E-state index in [0.29, 0.717) is 11.3 Å². The van der Waals surface area contributed by atoms with Crippen molar-refractivity contribution in [3.8, 4) is 28.7 Å². The maximum Gasteiger partial charge on any atom is 0.200 e. The number of ether oxygens (including phenoxy) is 1. The van der Waals surface area contributed by atoms with Gasteiger partial charge in [0.2, 0.25) is 0 Å². The molecular weight excluding hydrogens is 288 g/mol. The van der Waals surface area contributed by atoms with Gasteiger partial charge in [-0.3, -0.25) is 4.79 Å². The Labute approximate surface area is 126 Å². The summed E-state index contributed by atoms with van der Waals surface area (Å²) in [6, 6.07) is 6.58. The molecule has 2 aromatic rings. The van der Waals surface area contributed by atoms with Gasteiger partial charge in [0, 0.05) is 11.6 Å². The highest BCUT2D eigenvalue weighted by molar-refractivity contribution is 6.07. The molecule has 0 atom stereocenters. The summed E-state index contributed by atoms with van der Waals surface area (Å²) in [5, 5.41) is 37.5. The van der Waals surface area contributed by atoms with Gasteiger partial charge in [-0.25, -0.2) is 0 Å². The van der Waals surface area contributed by atoms with Gasteiger partial charge in [-0.2, -0.15) is 0 Å². The van der Waals surface area contributed by atoms with Gasteiger partial charge in [-0.1, -0.05) is 6.08 Å². The molecule has 0 spiro atoms. The minimum Gasteiger partial charge on any atom is -0.508 e. The van der Waals surface area contributed by atoms with Gasteiger partial charge in [0.05, 0.1) is 7.11 Å². The maximum absolute atomic E-state index is 12.0. The third-order valence-electron chi connectivity index (χ3n) is 2.93. The van der Waals surface area contributed by atoms with Crippen LogP contribution in [0.3, 0.4) is 0 Å². The van der Waals surface area contributed by atoms with Crippen molar-refractivity contribution in [3.05, 3.63) is 47.5 Å². The lowest BCUT2D eigenvalue weighted by molar-refractivity contribution is 0.104. The van der Waals surface area contributed by atoms with Crippen LogP contribution < -0.4 is 4.74 Å². The SMILES string of the molecule is COc1cc(O)cc(/C=C/C(=O)c2cc(O)c(O)c(O)c2)c1. The Bertz CT molecular complexity index is 725. The lowest BCUT2D eigenvalue weighted by Gasteiger charge is -2.04. The van der Waals surface area contributed by atoms with Crippen molar-refractivity contribution >= 4 is 11.9 Å². The fraction of sp³-hybridized carbons (Fsp3) is 0.0625. The van der Waals surface area contributed by atoms with Gasteiger partial charge in [0.25, 0.3) is 0 Å². The smallest absolute Gasteiger partial charge is 0.200 e. The number of phenols is 4. The summed E-state index contributed by atoms with van der Waals surface area (Å²) in [5.41, 5.74) is 0.550. The molecule has 0 aliphatic carbocycles. The molecule has 6 nitrogen and oxygen atoms in total. The molecule has 0 fully saturated rings. The Balaban J connectivity index is 2.27. The third kappa shape index (κ3) is 3.29. The highest BCUT2D eigenvalue weighted by Gasteiger charge is 2.11. The Morgan fingerprint density at radius 2 is 1.64 bits per heavy atom. The summed E-state index contributed by atoms with van der Waals surface area (Å²) in [5.74, 6) is -1.92. The van der Waals surface area contributed by atoms with Crippen LogP contribution in [0.15, 0.2) is 36.4 Å². The third-order valence-corrected chi connectivity index (χ3v) is 2.93. The average Bonchev–Trinajstić information content (AvgIpc) is 2.49. The first-order valence-electron chi connectivity index (χ1n) is 6.26. The lowest BCUT2D eigenvalue weighted by Crippen LogP contribution is -1.94. The molecule has 0 unspecified atom stereocenters. The van der Waals surface area contributed by atoms with Gasteiger partial charge in [0.15, 0.2) is 23.0 Å². The summed E-state index contributed by atoms with van der Waals surface area (Å²) in [6.45, 7) is 0. The maximum atomic E-state index is 12.0. The van der Waals surface area contributed by atoms with Gasteiger partial charge in [-0.15, -0.1) is 0 Å². The number of ketones is 1. The molecule has 6 heteroatoms. The van der Waals surface area contributed by atoms with E-state index in [9.17, 15) is 25.2 Å². The monoisotopic (exact) mass is 302 g/mol. The van der Waals surface area contributed by atoms with Crippen molar-refractivity contribution in [2.75, 3.05) is 7.11 Å². The van der Waals surface area contributed by atoms with E-state index in [1.165, 1.54) is 31.4 Å². The van der Waals surface area contributed by atoms with Gasteiger partial charge in [-0.05, 0) is 35.9 Å². The van der Waals surface area contributed by atoms with E-state index >= 15 is 0 Å². The molecule has 0 amide bonds. The molecule has 0 saturated carbocycles. The summed E-state index contributed by atoms with van der Waals surface area (Å²) in [6.07, 6.45) is 2.66. The van der Waals surface area contributed by atoms with Gasteiger partial charge < -0.3 is 25.2 Å². The molecule has 2 aromatic carbocycles. The van der Waals surface area contributed by atoms with Crippen LogP contribution in [0.1, 0.15) is 15.9 Å². The number of phenolic OH excluding ortho intramolecular Hbond substituents is 4. The normalized spacial score (nSPS) is 10.8. The van der Waals surface area contributed by atoms with E-state index in [2.05, 4.69) is 0 Å². The first-order chi connectivity index (χ1) is 10.4. The zero-order valence-electron chi connectivity index (χ0n) is 11.6. The fourth-order valence-electron chi connectivity index (χ4n) is 1.83. The van der Waals surface area contributed by atoms with Crippen LogP contribution in [-0.4, -0.2) is 33.3 Å². The molecule has 0 aliphatic rings. The molecular formula is C16H14O6. The summed E-state index contributed by atoms with van der Waals surface area (Å²) in [4.78, 5) is 12.0. The minimum atomic E-state index is -0.682. The van der Waals surface area contributed by atoms with Crippen molar-refractivity contribution < 1.29 is 30.0 Å². The molecule has 0 aliphatic heterocycles. The second-order valence-corrected chi connectivity index (χ2v) is 4.53. The molecule has 0 radical (unpaired) electrons. The van der Waals surface area contributed by atoms with Crippen LogP contribution in [0.2, 0.25) is 0 Å². The summed E-state index contributed by atoms with van der Waals surface area (Å²) < 4.78 is 5.00. The van der Waals surface area contributed by atoms with Crippen LogP contribution >= 0.6 is 0 Å². The zero-order chi connectivity index (χ0) is 16.3. The van der Waals surface area contributed by atoms with Crippen LogP contribution in [0.5, 0.6) is 28.7 Å². The number of aromatic hydroxyl groups is 4. The van der Waals surface area contributed by atoms with E-state index < -0.39 is 23.0 Å².